The van der Waals surface area contributed by atoms with Crippen molar-refractivity contribution in [2.75, 3.05) is 18.0 Å². The minimum absolute atomic E-state index is 0.00725. The Labute approximate surface area is 278 Å². The van der Waals surface area contributed by atoms with Crippen LogP contribution in [0.2, 0.25) is 0 Å². The van der Waals surface area contributed by atoms with Crippen molar-refractivity contribution in [3.63, 3.8) is 0 Å². The number of rotatable bonds is 5. The summed E-state index contributed by atoms with van der Waals surface area (Å²) in [5.41, 5.74) is 0.844. The van der Waals surface area contributed by atoms with Gasteiger partial charge in [0.15, 0.2) is 5.78 Å². The topological polar surface area (TPSA) is 112 Å². The number of hydrogen-bond donors (Lipinski definition) is 0. The van der Waals surface area contributed by atoms with Gasteiger partial charge in [-0.25, -0.2) is 14.4 Å². The first kappa shape index (κ1) is 35.9. The number of carbonyl (C=O) groups excluding carboxylic acids is 4. The number of likely N-dealkylation sites (tertiary alicyclic amines) is 1. The number of fused-ring (bicyclic) bond motifs is 1. The molecule has 1 aliphatic heterocycles. The summed E-state index contributed by atoms with van der Waals surface area (Å²) in [6.07, 6.45) is -0.103. The van der Waals surface area contributed by atoms with E-state index < -0.39 is 35.1 Å². The van der Waals surface area contributed by atoms with Crippen LogP contribution in [0, 0.1) is 5.92 Å². The van der Waals surface area contributed by atoms with Gasteiger partial charge in [0.25, 0.3) is 0 Å². The lowest BCUT2D eigenvalue weighted by Crippen LogP contribution is -2.53. The number of Topliss-reactive ketones (excluding diaryl/α,β-unsaturated/α-hetero) is 1. The molecule has 2 aliphatic rings. The van der Waals surface area contributed by atoms with E-state index >= 15 is 0 Å². The highest BCUT2D eigenvalue weighted by Gasteiger charge is 2.39. The molecule has 4 rings (SSSR count). The van der Waals surface area contributed by atoms with Crippen molar-refractivity contribution in [1.29, 1.82) is 0 Å². The third-order valence-corrected chi connectivity index (χ3v) is 7.97. The zero-order valence-corrected chi connectivity index (χ0v) is 29.3. The van der Waals surface area contributed by atoms with E-state index in [-0.39, 0.29) is 29.5 Å². The summed E-state index contributed by atoms with van der Waals surface area (Å²) in [7, 11) is 0. The zero-order chi connectivity index (χ0) is 34.7. The normalized spacial score (nSPS) is 19.3. The Morgan fingerprint density at radius 3 is 1.66 bits per heavy atom. The Morgan fingerprint density at radius 1 is 0.681 bits per heavy atom. The molecule has 1 saturated heterocycles. The summed E-state index contributed by atoms with van der Waals surface area (Å²) in [4.78, 5) is 55.5. The van der Waals surface area contributed by atoms with Gasteiger partial charge in [-0.1, -0.05) is 24.3 Å². The Bertz CT molecular complexity index is 1410. The molecular weight excluding hydrogens is 600 g/mol. The van der Waals surface area contributed by atoms with E-state index in [9.17, 15) is 19.2 Å². The van der Waals surface area contributed by atoms with Gasteiger partial charge in [0, 0.05) is 17.9 Å². The maximum absolute atomic E-state index is 13.6. The Hall–Kier alpha value is -3.92. The lowest BCUT2D eigenvalue weighted by atomic mass is 9.82. The molecule has 10 nitrogen and oxygen atoms in total. The summed E-state index contributed by atoms with van der Waals surface area (Å²) in [6, 6.07) is 14.6. The van der Waals surface area contributed by atoms with Crippen molar-refractivity contribution in [1.82, 2.24) is 4.90 Å². The molecule has 1 heterocycles. The minimum atomic E-state index is -0.863. The maximum Gasteiger partial charge on any atom is 0.509 e. The van der Waals surface area contributed by atoms with Gasteiger partial charge < -0.3 is 18.9 Å². The molecule has 0 radical (unpaired) electrons. The molecule has 1 fully saturated rings. The van der Waals surface area contributed by atoms with E-state index in [1.807, 2.05) is 32.9 Å². The quantitative estimate of drug-likeness (QED) is 0.182. The summed E-state index contributed by atoms with van der Waals surface area (Å²) in [6.45, 7) is 17.1. The highest BCUT2D eigenvalue weighted by molar-refractivity contribution is 6.10. The van der Waals surface area contributed by atoms with Crippen molar-refractivity contribution >= 4 is 29.8 Å². The van der Waals surface area contributed by atoms with Crippen LogP contribution in [-0.2, 0) is 31.8 Å². The van der Waals surface area contributed by atoms with Crippen LogP contribution < -0.4 is 4.90 Å². The van der Waals surface area contributed by atoms with E-state index in [2.05, 4.69) is 17.0 Å². The van der Waals surface area contributed by atoms with Gasteiger partial charge in [-0.2, -0.15) is 4.90 Å². The second-order valence-corrected chi connectivity index (χ2v) is 15.4. The number of imide groups is 1. The molecule has 2 atom stereocenters. The summed E-state index contributed by atoms with van der Waals surface area (Å²) >= 11 is 0. The van der Waals surface area contributed by atoms with Crippen LogP contribution in [0.5, 0.6) is 0 Å². The van der Waals surface area contributed by atoms with Gasteiger partial charge >= 0.3 is 18.3 Å². The number of ketones is 1. The molecule has 0 saturated carbocycles. The van der Waals surface area contributed by atoms with Crippen LogP contribution in [0.1, 0.15) is 96.6 Å². The van der Waals surface area contributed by atoms with Gasteiger partial charge in [-0.05, 0) is 130 Å². The van der Waals surface area contributed by atoms with Crippen LogP contribution >= 0.6 is 0 Å². The van der Waals surface area contributed by atoms with Gasteiger partial charge in [0.05, 0.1) is 11.7 Å². The number of ether oxygens (including phenoxy) is 4. The average molecular weight is 651 g/mol. The third kappa shape index (κ3) is 10.0. The molecule has 0 spiro atoms. The predicted octanol–water partition coefficient (Wildman–Crippen LogP) is 7.75. The lowest BCUT2D eigenvalue weighted by molar-refractivity contribution is -0.0532. The molecule has 2 aromatic carbocycles. The monoisotopic (exact) mass is 650 g/mol. The van der Waals surface area contributed by atoms with Crippen LogP contribution in [0.15, 0.2) is 48.5 Å². The Balaban J connectivity index is 1.44. The number of piperidine rings is 1. The molecule has 2 amide bonds. The number of carbonyl (C=O) groups is 4. The van der Waals surface area contributed by atoms with Crippen LogP contribution in [-0.4, -0.2) is 71.1 Å². The van der Waals surface area contributed by atoms with Gasteiger partial charge in [0.2, 0.25) is 0 Å². The fourth-order valence-electron chi connectivity index (χ4n) is 5.95. The molecule has 47 heavy (non-hydrogen) atoms. The second-order valence-electron chi connectivity index (χ2n) is 15.4. The number of amides is 2. The molecule has 0 bridgehead atoms. The van der Waals surface area contributed by atoms with Crippen molar-refractivity contribution in [2.45, 2.75) is 117 Å². The first-order chi connectivity index (χ1) is 21.8. The number of anilines is 1. The van der Waals surface area contributed by atoms with E-state index in [0.29, 0.717) is 37.9 Å². The van der Waals surface area contributed by atoms with E-state index in [1.54, 1.807) is 65.8 Å². The predicted molar refractivity (Wildman–Crippen MR) is 179 cm³/mol. The van der Waals surface area contributed by atoms with Gasteiger partial charge in [-0.15, -0.1) is 0 Å². The number of benzene rings is 2. The maximum atomic E-state index is 13.6. The molecule has 0 N–H and O–H groups in total. The van der Waals surface area contributed by atoms with Crippen LogP contribution in [0.3, 0.4) is 0 Å². The van der Waals surface area contributed by atoms with Gasteiger partial charge in [-0.3, -0.25) is 9.69 Å². The standard InChI is InChI=1S/C37H50N2O8/c1-35(2,3)45-32(41)39(33(42)46-36(4,5)6)28-16-14-24(15-17-28)31(40)25-18-20-38(21-19-25)29-22-26-12-10-11-13-27(26)23-30(29)44-34(43)47-37(7,8)9/h10-17,25,29-30H,18-23H2,1-9H3/t29-,30-/m1/s1. The SMILES string of the molecule is CC(C)(C)OC(=O)O[C@@H]1Cc2ccccc2C[C@H]1N1CCC(C(=O)c2ccc(N(C(=O)OC(C)(C)C)C(=O)OC(C)(C)C)cc2)CC1. The van der Waals surface area contributed by atoms with E-state index in [0.717, 1.165) is 11.3 Å². The Kier molecular flexibility index (Phi) is 10.7. The first-order valence-corrected chi connectivity index (χ1v) is 16.4. The van der Waals surface area contributed by atoms with Crippen LogP contribution in [0.4, 0.5) is 20.1 Å². The molecule has 2 aromatic rings. The summed E-state index contributed by atoms with van der Waals surface area (Å²) in [5.74, 6) is -0.182. The van der Waals surface area contributed by atoms with Crippen molar-refractivity contribution in [3.05, 3.63) is 65.2 Å². The first-order valence-electron chi connectivity index (χ1n) is 16.4. The van der Waals surface area contributed by atoms with Crippen molar-refractivity contribution in [2.24, 2.45) is 5.92 Å². The van der Waals surface area contributed by atoms with Crippen LogP contribution in [0.25, 0.3) is 0 Å². The lowest BCUT2D eigenvalue weighted by Gasteiger charge is -2.43. The third-order valence-electron chi connectivity index (χ3n) is 7.97. The highest BCUT2D eigenvalue weighted by Crippen LogP contribution is 2.32. The minimum Gasteiger partial charge on any atom is -0.443 e. The molecule has 0 aromatic heterocycles. The average Bonchev–Trinajstić information content (AvgIpc) is 2.94. The fourth-order valence-corrected chi connectivity index (χ4v) is 5.95. The summed E-state index contributed by atoms with van der Waals surface area (Å²) in [5, 5.41) is 0. The Morgan fingerprint density at radius 2 is 1.17 bits per heavy atom. The van der Waals surface area contributed by atoms with E-state index in [4.69, 9.17) is 18.9 Å². The molecule has 0 unspecified atom stereocenters. The molecule has 1 aliphatic carbocycles. The van der Waals surface area contributed by atoms with Gasteiger partial charge in [0.1, 0.15) is 22.9 Å². The number of hydrogen-bond acceptors (Lipinski definition) is 9. The summed E-state index contributed by atoms with van der Waals surface area (Å²) < 4.78 is 22.3. The largest absolute Gasteiger partial charge is 0.509 e. The second kappa shape index (κ2) is 14.1. The smallest absolute Gasteiger partial charge is 0.443 e. The van der Waals surface area contributed by atoms with Crippen molar-refractivity contribution < 1.29 is 38.1 Å². The molecule has 256 valence electrons. The fraction of sp³-hybridized carbons (Fsp3) is 0.568. The molecule has 10 heteroatoms. The van der Waals surface area contributed by atoms with Crippen molar-refractivity contribution in [3.8, 4) is 0 Å². The van der Waals surface area contributed by atoms with E-state index in [1.165, 1.54) is 11.1 Å². The molecular formula is C37H50N2O8. The zero-order valence-electron chi connectivity index (χ0n) is 29.3. The highest BCUT2D eigenvalue weighted by atomic mass is 16.7. The number of nitrogens with zero attached hydrogens (tertiary/aromatic N) is 2.